The van der Waals surface area contributed by atoms with Crippen molar-refractivity contribution >= 4 is 5.91 Å². The van der Waals surface area contributed by atoms with Crippen molar-refractivity contribution in [2.75, 3.05) is 27.2 Å². The molecule has 1 aliphatic heterocycles. The van der Waals surface area contributed by atoms with Crippen LogP contribution in [0.2, 0.25) is 0 Å². The van der Waals surface area contributed by atoms with E-state index < -0.39 is 0 Å². The molecule has 4 heteroatoms. The molecule has 1 aromatic rings. The van der Waals surface area contributed by atoms with Gasteiger partial charge in [-0.15, -0.1) is 0 Å². The van der Waals surface area contributed by atoms with Gasteiger partial charge in [0.25, 0.3) is 0 Å². The lowest BCUT2D eigenvalue weighted by atomic mass is 9.78. The van der Waals surface area contributed by atoms with Crippen LogP contribution in [-0.2, 0) is 11.2 Å². The van der Waals surface area contributed by atoms with Crippen molar-refractivity contribution in [2.45, 2.75) is 38.1 Å². The van der Waals surface area contributed by atoms with Crippen LogP contribution in [0.25, 0.3) is 0 Å². The lowest BCUT2D eigenvalue weighted by Gasteiger charge is -2.40. The summed E-state index contributed by atoms with van der Waals surface area (Å²) in [6, 6.07) is 8.87. The number of nitrogens with one attached hydrogen (secondary N) is 1. The van der Waals surface area contributed by atoms with Crippen LogP contribution >= 0.6 is 0 Å². The Bertz CT molecular complexity index is 523. The van der Waals surface area contributed by atoms with Gasteiger partial charge in [-0.3, -0.25) is 4.79 Å². The van der Waals surface area contributed by atoms with E-state index >= 15 is 0 Å². The molecule has 0 radical (unpaired) electrons. The van der Waals surface area contributed by atoms with Gasteiger partial charge in [-0.05, 0) is 62.8 Å². The molecule has 0 spiro atoms. The number of hydrogen-bond acceptors (Lipinski definition) is 3. The van der Waals surface area contributed by atoms with Gasteiger partial charge in [-0.2, -0.15) is 0 Å². The number of carbonyl (C=O) groups excluding carboxylic acids is 1. The summed E-state index contributed by atoms with van der Waals surface area (Å²) in [5.74, 6) is 2.13. The highest BCUT2D eigenvalue weighted by Gasteiger charge is 2.37. The van der Waals surface area contributed by atoms with Crippen molar-refractivity contribution in [3.05, 3.63) is 29.8 Å². The summed E-state index contributed by atoms with van der Waals surface area (Å²) in [5, 5.41) is 3.26. The van der Waals surface area contributed by atoms with Crippen molar-refractivity contribution < 1.29 is 9.53 Å². The van der Waals surface area contributed by atoms with E-state index in [4.69, 9.17) is 4.74 Å². The van der Waals surface area contributed by atoms with Crippen LogP contribution in [-0.4, -0.2) is 44.1 Å². The molecule has 0 aromatic heterocycles. The molecule has 1 aliphatic carbocycles. The average Bonchev–Trinajstić information content (AvgIpc) is 2.55. The molecule has 1 aromatic carbocycles. The minimum atomic E-state index is 0.257. The van der Waals surface area contributed by atoms with Gasteiger partial charge in [0.05, 0.1) is 7.11 Å². The lowest BCUT2D eigenvalue weighted by molar-refractivity contribution is -0.140. The number of nitrogens with zero attached hydrogens (tertiary/aromatic N) is 1. The standard InChI is InChI=1S/C19H28N2O2/c1-20-17-11-16(12-17)19(22)21-9-3-4-15(13-21)10-14-5-7-18(23-2)8-6-14/h5-8,15-17,20H,3-4,9-13H2,1-2H3. The first kappa shape index (κ1) is 16.3. The Morgan fingerprint density at radius 1 is 1.30 bits per heavy atom. The summed E-state index contributed by atoms with van der Waals surface area (Å²) >= 11 is 0. The van der Waals surface area contributed by atoms with E-state index in [2.05, 4.69) is 22.3 Å². The fraction of sp³-hybridized carbons (Fsp3) is 0.632. The third-order valence-electron chi connectivity index (χ3n) is 5.41. The van der Waals surface area contributed by atoms with Crippen molar-refractivity contribution in [2.24, 2.45) is 11.8 Å². The maximum absolute atomic E-state index is 12.6. The Labute approximate surface area is 139 Å². The Hall–Kier alpha value is -1.55. The summed E-state index contributed by atoms with van der Waals surface area (Å²) in [7, 11) is 3.68. The van der Waals surface area contributed by atoms with Gasteiger partial charge in [0.1, 0.15) is 5.75 Å². The summed E-state index contributed by atoms with van der Waals surface area (Å²) < 4.78 is 5.21. The predicted molar refractivity (Wildman–Crippen MR) is 91.6 cm³/mol. The fourth-order valence-electron chi connectivity index (χ4n) is 3.84. The van der Waals surface area contributed by atoms with E-state index in [1.807, 2.05) is 19.2 Å². The molecule has 2 aliphatic rings. The molecule has 2 fully saturated rings. The van der Waals surface area contributed by atoms with E-state index in [0.717, 1.165) is 44.5 Å². The van der Waals surface area contributed by atoms with E-state index in [9.17, 15) is 4.79 Å². The summed E-state index contributed by atoms with van der Waals surface area (Å²) in [5.41, 5.74) is 1.34. The molecule has 1 unspecified atom stereocenters. The third-order valence-corrected chi connectivity index (χ3v) is 5.41. The Morgan fingerprint density at radius 2 is 2.04 bits per heavy atom. The maximum atomic E-state index is 12.6. The van der Waals surface area contributed by atoms with Gasteiger partial charge in [0.15, 0.2) is 0 Å². The monoisotopic (exact) mass is 316 g/mol. The van der Waals surface area contributed by atoms with E-state index in [-0.39, 0.29) is 5.92 Å². The molecule has 23 heavy (non-hydrogen) atoms. The van der Waals surface area contributed by atoms with Gasteiger partial charge < -0.3 is 15.0 Å². The number of methoxy groups -OCH3 is 1. The van der Waals surface area contributed by atoms with Crippen molar-refractivity contribution in [1.29, 1.82) is 0 Å². The van der Waals surface area contributed by atoms with Gasteiger partial charge in [-0.1, -0.05) is 12.1 Å². The maximum Gasteiger partial charge on any atom is 0.225 e. The second-order valence-corrected chi connectivity index (χ2v) is 7.00. The number of ether oxygens (including phenoxy) is 1. The molecule has 1 amide bonds. The van der Waals surface area contributed by atoms with E-state index in [1.54, 1.807) is 7.11 Å². The Morgan fingerprint density at radius 3 is 2.70 bits per heavy atom. The van der Waals surface area contributed by atoms with Gasteiger partial charge >= 0.3 is 0 Å². The molecule has 0 bridgehead atoms. The molecular formula is C19H28N2O2. The Kier molecular flexibility index (Phi) is 5.21. The largest absolute Gasteiger partial charge is 0.497 e. The normalized spacial score (nSPS) is 27.4. The molecule has 1 saturated carbocycles. The van der Waals surface area contributed by atoms with Crippen LogP contribution in [0.15, 0.2) is 24.3 Å². The Balaban J connectivity index is 1.52. The lowest BCUT2D eigenvalue weighted by Crippen LogP contribution is -2.50. The summed E-state index contributed by atoms with van der Waals surface area (Å²) in [4.78, 5) is 14.7. The number of amides is 1. The van der Waals surface area contributed by atoms with Crippen LogP contribution in [0.4, 0.5) is 0 Å². The third kappa shape index (κ3) is 3.86. The molecule has 1 atom stereocenters. The van der Waals surface area contributed by atoms with Crippen molar-refractivity contribution in [3.63, 3.8) is 0 Å². The van der Waals surface area contributed by atoms with Crippen molar-refractivity contribution in [1.82, 2.24) is 10.2 Å². The SMILES string of the molecule is CNC1CC(C(=O)N2CCCC(Cc3ccc(OC)cc3)C2)C1. The molecule has 1 heterocycles. The summed E-state index contributed by atoms with van der Waals surface area (Å²) in [6.07, 6.45) is 5.43. The highest BCUT2D eigenvalue weighted by molar-refractivity contribution is 5.80. The van der Waals surface area contributed by atoms with Crippen LogP contribution in [0.5, 0.6) is 5.75 Å². The fourth-order valence-corrected chi connectivity index (χ4v) is 3.84. The smallest absolute Gasteiger partial charge is 0.225 e. The topological polar surface area (TPSA) is 41.6 Å². The van der Waals surface area contributed by atoms with Crippen LogP contribution in [0.3, 0.4) is 0 Å². The predicted octanol–water partition coefficient (Wildman–Crippen LogP) is 2.47. The average molecular weight is 316 g/mol. The quantitative estimate of drug-likeness (QED) is 0.907. The number of piperidine rings is 1. The van der Waals surface area contributed by atoms with Crippen LogP contribution < -0.4 is 10.1 Å². The summed E-state index contributed by atoms with van der Waals surface area (Å²) in [6.45, 7) is 1.87. The van der Waals surface area contributed by atoms with E-state index in [1.165, 1.54) is 12.0 Å². The van der Waals surface area contributed by atoms with Crippen LogP contribution in [0.1, 0.15) is 31.2 Å². The minimum Gasteiger partial charge on any atom is -0.497 e. The zero-order valence-electron chi connectivity index (χ0n) is 14.3. The molecule has 1 saturated heterocycles. The van der Waals surface area contributed by atoms with Crippen molar-refractivity contribution in [3.8, 4) is 5.75 Å². The zero-order chi connectivity index (χ0) is 16.2. The second kappa shape index (κ2) is 7.35. The highest BCUT2D eigenvalue weighted by Crippen LogP contribution is 2.31. The molecular weight excluding hydrogens is 288 g/mol. The number of likely N-dealkylation sites (tertiary alicyclic amines) is 1. The number of carbonyl (C=O) groups is 1. The number of benzene rings is 1. The minimum absolute atomic E-state index is 0.257. The first-order valence-electron chi connectivity index (χ1n) is 8.78. The number of hydrogen-bond donors (Lipinski definition) is 1. The van der Waals surface area contributed by atoms with Crippen LogP contribution in [0, 0.1) is 11.8 Å². The molecule has 4 nitrogen and oxygen atoms in total. The first-order chi connectivity index (χ1) is 11.2. The first-order valence-corrected chi connectivity index (χ1v) is 8.78. The number of rotatable bonds is 5. The van der Waals surface area contributed by atoms with E-state index in [0.29, 0.717) is 17.9 Å². The molecule has 126 valence electrons. The zero-order valence-corrected chi connectivity index (χ0v) is 14.3. The van der Waals surface area contributed by atoms with Gasteiger partial charge in [-0.25, -0.2) is 0 Å². The second-order valence-electron chi connectivity index (χ2n) is 7.00. The molecule has 1 N–H and O–H groups in total. The molecule has 3 rings (SSSR count). The van der Waals surface area contributed by atoms with Gasteiger partial charge in [0, 0.05) is 25.0 Å². The highest BCUT2D eigenvalue weighted by atomic mass is 16.5. The van der Waals surface area contributed by atoms with Gasteiger partial charge in [0.2, 0.25) is 5.91 Å².